The Hall–Kier alpha value is -1.21. The minimum atomic E-state index is 0. The second kappa shape index (κ2) is 10.6. The predicted molar refractivity (Wildman–Crippen MR) is 102 cm³/mol. The molecule has 1 aliphatic rings. The number of nitrogens with one attached hydrogen (secondary N) is 2. The van der Waals surface area contributed by atoms with Crippen molar-refractivity contribution in [2.75, 3.05) is 13.1 Å². The molecule has 0 aromatic carbocycles. The van der Waals surface area contributed by atoms with Gasteiger partial charge in [0.25, 0.3) is 0 Å². The standard InChI is InChI=1S/C16H20N4OS.2ClH/c21-15(2-1-12-3-6-18-9-12)19-10-16-20-14(11-22-16)13-4-7-17-8-5-13;;/h4-5,7-8,11-12,18H,1-3,6,9-10H2,(H,19,21);2*1H. The molecule has 3 rings (SSSR count). The maximum Gasteiger partial charge on any atom is 0.220 e. The molecule has 3 heterocycles. The summed E-state index contributed by atoms with van der Waals surface area (Å²) in [5.74, 6) is 0.775. The van der Waals surface area contributed by atoms with Crippen molar-refractivity contribution >= 4 is 42.1 Å². The third-order valence-electron chi connectivity index (χ3n) is 3.91. The number of pyridine rings is 1. The van der Waals surface area contributed by atoms with Crippen LogP contribution in [0.25, 0.3) is 11.3 Å². The highest BCUT2D eigenvalue weighted by Crippen LogP contribution is 2.21. The van der Waals surface area contributed by atoms with Crippen molar-refractivity contribution in [1.29, 1.82) is 0 Å². The van der Waals surface area contributed by atoms with Crippen LogP contribution in [0.15, 0.2) is 29.9 Å². The van der Waals surface area contributed by atoms with Crippen molar-refractivity contribution in [2.45, 2.75) is 25.8 Å². The van der Waals surface area contributed by atoms with Crippen LogP contribution in [-0.4, -0.2) is 29.0 Å². The number of halogens is 2. The number of carbonyl (C=O) groups is 1. The predicted octanol–water partition coefficient (Wildman–Crippen LogP) is 3.05. The van der Waals surface area contributed by atoms with Crippen molar-refractivity contribution in [3.05, 3.63) is 34.9 Å². The molecule has 2 aromatic rings. The topological polar surface area (TPSA) is 66.9 Å². The highest BCUT2D eigenvalue weighted by atomic mass is 35.5. The van der Waals surface area contributed by atoms with Gasteiger partial charge >= 0.3 is 0 Å². The summed E-state index contributed by atoms with van der Waals surface area (Å²) in [6.07, 6.45) is 6.28. The number of hydrogen-bond donors (Lipinski definition) is 2. The Morgan fingerprint density at radius 1 is 1.33 bits per heavy atom. The number of amides is 1. The highest BCUT2D eigenvalue weighted by Gasteiger charge is 2.15. The molecule has 1 fully saturated rings. The molecule has 1 aliphatic heterocycles. The van der Waals surface area contributed by atoms with Gasteiger partial charge in [-0.1, -0.05) is 0 Å². The zero-order valence-corrected chi connectivity index (χ0v) is 15.7. The number of rotatable bonds is 6. The molecule has 0 saturated carbocycles. The number of thiazole rings is 1. The number of carbonyl (C=O) groups excluding carboxylic acids is 1. The molecule has 1 atom stereocenters. The van der Waals surface area contributed by atoms with E-state index in [0.29, 0.717) is 18.9 Å². The second-order valence-electron chi connectivity index (χ2n) is 5.54. The summed E-state index contributed by atoms with van der Waals surface area (Å²) in [5, 5.41) is 9.24. The summed E-state index contributed by atoms with van der Waals surface area (Å²) in [7, 11) is 0. The summed E-state index contributed by atoms with van der Waals surface area (Å²) in [4.78, 5) is 20.4. The minimum absolute atomic E-state index is 0. The van der Waals surface area contributed by atoms with E-state index in [2.05, 4.69) is 20.6 Å². The van der Waals surface area contributed by atoms with Gasteiger partial charge in [0.15, 0.2) is 0 Å². The van der Waals surface area contributed by atoms with Crippen LogP contribution >= 0.6 is 36.2 Å². The first kappa shape index (κ1) is 20.8. The van der Waals surface area contributed by atoms with Gasteiger partial charge in [-0.25, -0.2) is 4.98 Å². The lowest BCUT2D eigenvalue weighted by atomic mass is 10.0. The van der Waals surface area contributed by atoms with Crippen molar-refractivity contribution in [3.8, 4) is 11.3 Å². The van der Waals surface area contributed by atoms with E-state index in [1.807, 2.05) is 17.5 Å². The van der Waals surface area contributed by atoms with Gasteiger partial charge in [0.1, 0.15) is 5.01 Å². The lowest BCUT2D eigenvalue weighted by Gasteiger charge is -2.07. The first-order valence-corrected chi connectivity index (χ1v) is 8.51. The molecule has 24 heavy (non-hydrogen) atoms. The van der Waals surface area contributed by atoms with Gasteiger partial charge in [-0.2, -0.15) is 0 Å². The van der Waals surface area contributed by atoms with Crippen LogP contribution in [0.4, 0.5) is 0 Å². The molecule has 5 nitrogen and oxygen atoms in total. The molecule has 0 spiro atoms. The molecule has 1 saturated heterocycles. The van der Waals surface area contributed by atoms with Gasteiger partial charge in [0.05, 0.1) is 12.2 Å². The molecule has 1 amide bonds. The first-order chi connectivity index (χ1) is 10.8. The van der Waals surface area contributed by atoms with Gasteiger partial charge in [-0.15, -0.1) is 36.2 Å². The lowest BCUT2D eigenvalue weighted by Crippen LogP contribution is -2.23. The largest absolute Gasteiger partial charge is 0.350 e. The molecule has 2 N–H and O–H groups in total. The Morgan fingerprint density at radius 2 is 2.12 bits per heavy atom. The van der Waals surface area contributed by atoms with Crippen LogP contribution in [0.3, 0.4) is 0 Å². The van der Waals surface area contributed by atoms with Gasteiger partial charge < -0.3 is 10.6 Å². The van der Waals surface area contributed by atoms with Crippen LogP contribution in [0.1, 0.15) is 24.3 Å². The fourth-order valence-corrected chi connectivity index (χ4v) is 3.35. The summed E-state index contributed by atoms with van der Waals surface area (Å²) >= 11 is 1.57. The molecule has 2 aromatic heterocycles. The Morgan fingerprint density at radius 3 is 2.83 bits per heavy atom. The van der Waals surface area contributed by atoms with E-state index >= 15 is 0 Å². The fourth-order valence-electron chi connectivity index (χ4n) is 2.61. The molecule has 0 aliphatic carbocycles. The maximum absolute atomic E-state index is 11.9. The van der Waals surface area contributed by atoms with Crippen LogP contribution in [0, 0.1) is 5.92 Å². The molecule has 0 bridgehead atoms. The van der Waals surface area contributed by atoms with Crippen molar-refractivity contribution in [1.82, 2.24) is 20.6 Å². The Kier molecular flexibility index (Phi) is 9.21. The van der Waals surface area contributed by atoms with Crippen molar-refractivity contribution in [2.24, 2.45) is 5.92 Å². The first-order valence-electron chi connectivity index (χ1n) is 7.63. The molecule has 8 heteroatoms. The van der Waals surface area contributed by atoms with E-state index in [1.165, 1.54) is 6.42 Å². The number of aromatic nitrogens is 2. The normalized spacial score (nSPS) is 16.1. The fraction of sp³-hybridized carbons (Fsp3) is 0.438. The van der Waals surface area contributed by atoms with Gasteiger partial charge in [-0.3, -0.25) is 9.78 Å². The van der Waals surface area contributed by atoms with E-state index in [1.54, 1.807) is 23.7 Å². The second-order valence-corrected chi connectivity index (χ2v) is 6.48. The van der Waals surface area contributed by atoms with E-state index in [0.717, 1.165) is 35.8 Å². The zero-order valence-electron chi connectivity index (χ0n) is 13.2. The average molecular weight is 389 g/mol. The number of hydrogen-bond acceptors (Lipinski definition) is 5. The van der Waals surface area contributed by atoms with Gasteiger partial charge in [0.2, 0.25) is 5.91 Å². The third-order valence-corrected chi connectivity index (χ3v) is 4.76. The molecule has 132 valence electrons. The van der Waals surface area contributed by atoms with E-state index in [4.69, 9.17) is 0 Å². The zero-order chi connectivity index (χ0) is 15.2. The van der Waals surface area contributed by atoms with Gasteiger partial charge in [-0.05, 0) is 44.0 Å². The maximum atomic E-state index is 11.9. The van der Waals surface area contributed by atoms with Crippen LogP contribution in [0.2, 0.25) is 0 Å². The minimum Gasteiger partial charge on any atom is -0.350 e. The quantitative estimate of drug-likeness (QED) is 0.797. The van der Waals surface area contributed by atoms with Crippen LogP contribution in [-0.2, 0) is 11.3 Å². The smallest absolute Gasteiger partial charge is 0.220 e. The average Bonchev–Trinajstić information content (AvgIpc) is 3.23. The molecule has 0 radical (unpaired) electrons. The summed E-state index contributed by atoms with van der Waals surface area (Å²) in [5.41, 5.74) is 1.99. The van der Waals surface area contributed by atoms with Crippen LogP contribution in [0.5, 0.6) is 0 Å². The number of nitrogens with zero attached hydrogens (tertiary/aromatic N) is 2. The highest BCUT2D eigenvalue weighted by molar-refractivity contribution is 7.09. The molecular weight excluding hydrogens is 367 g/mol. The summed E-state index contributed by atoms with van der Waals surface area (Å²) < 4.78 is 0. The summed E-state index contributed by atoms with van der Waals surface area (Å²) in [6.45, 7) is 2.65. The third kappa shape index (κ3) is 6.02. The van der Waals surface area contributed by atoms with Crippen LogP contribution < -0.4 is 10.6 Å². The van der Waals surface area contributed by atoms with Crippen molar-refractivity contribution < 1.29 is 4.79 Å². The molecule has 1 unspecified atom stereocenters. The van der Waals surface area contributed by atoms with E-state index in [9.17, 15) is 4.79 Å². The van der Waals surface area contributed by atoms with Crippen molar-refractivity contribution in [3.63, 3.8) is 0 Å². The SMILES string of the molecule is Cl.Cl.O=C(CCC1CCNC1)NCc1nc(-c2ccncc2)cs1. The Balaban J connectivity index is 0.00000144. The monoisotopic (exact) mass is 388 g/mol. The molecular formula is C16H22Cl2N4OS. The Bertz CT molecular complexity index is 618. The van der Waals surface area contributed by atoms with E-state index < -0.39 is 0 Å². The Labute approximate surface area is 158 Å². The lowest BCUT2D eigenvalue weighted by molar-refractivity contribution is -0.121. The summed E-state index contributed by atoms with van der Waals surface area (Å²) in [6, 6.07) is 3.88. The van der Waals surface area contributed by atoms with Gasteiger partial charge in [0, 0.05) is 29.8 Å². The van der Waals surface area contributed by atoms with E-state index in [-0.39, 0.29) is 30.7 Å².